The van der Waals surface area contributed by atoms with E-state index >= 15 is 0 Å². The summed E-state index contributed by atoms with van der Waals surface area (Å²) in [6.45, 7) is 0. The summed E-state index contributed by atoms with van der Waals surface area (Å²) in [7, 11) is 0. The third kappa shape index (κ3) is 1.76. The van der Waals surface area contributed by atoms with E-state index in [1.165, 1.54) is 12.1 Å². The van der Waals surface area contributed by atoms with Crippen LogP contribution in [0, 0.1) is 5.82 Å². The van der Waals surface area contributed by atoms with Crippen LogP contribution in [0.15, 0.2) is 12.1 Å². The van der Waals surface area contributed by atoms with E-state index in [1.54, 1.807) is 0 Å². The second-order valence-corrected chi connectivity index (χ2v) is 5.20. The lowest BCUT2D eigenvalue weighted by atomic mass is 9.74. The van der Waals surface area contributed by atoms with E-state index < -0.39 is 5.82 Å². The number of hydrogen-bond acceptors (Lipinski definition) is 2. The molecule has 1 aliphatic heterocycles. The van der Waals surface area contributed by atoms with Gasteiger partial charge in [-0.3, -0.25) is 4.79 Å². The second kappa shape index (κ2) is 3.60. The van der Waals surface area contributed by atoms with Crippen LogP contribution in [0.4, 0.5) is 15.8 Å². The van der Waals surface area contributed by atoms with Crippen molar-refractivity contribution in [1.82, 2.24) is 0 Å². The summed E-state index contributed by atoms with van der Waals surface area (Å²) in [5.74, 6) is -0.588. The van der Waals surface area contributed by atoms with E-state index in [0.717, 1.165) is 19.3 Å². The molecule has 1 aliphatic carbocycles. The van der Waals surface area contributed by atoms with Gasteiger partial charge in [0.25, 0.3) is 0 Å². The zero-order chi connectivity index (χ0) is 12.0. The summed E-state index contributed by atoms with van der Waals surface area (Å²) >= 11 is 5.76. The molecule has 1 fully saturated rings. The molecule has 0 bridgehead atoms. The highest BCUT2D eigenvalue weighted by Gasteiger charge is 2.41. The van der Waals surface area contributed by atoms with Gasteiger partial charge in [0.05, 0.1) is 16.4 Å². The number of rotatable bonds is 0. The van der Waals surface area contributed by atoms with Gasteiger partial charge in [-0.1, -0.05) is 11.6 Å². The van der Waals surface area contributed by atoms with Crippen molar-refractivity contribution >= 4 is 28.9 Å². The molecule has 0 saturated heterocycles. The first-order valence-corrected chi connectivity index (χ1v) is 6.03. The molecule has 3 nitrogen and oxygen atoms in total. The molecule has 1 amide bonds. The average Bonchev–Trinajstić information content (AvgIpc) is 2.35. The predicted molar refractivity (Wildman–Crippen MR) is 64.9 cm³/mol. The van der Waals surface area contributed by atoms with Gasteiger partial charge in [0.15, 0.2) is 0 Å². The zero-order valence-corrected chi connectivity index (χ0v) is 9.90. The summed E-state index contributed by atoms with van der Waals surface area (Å²) in [6.07, 6.45) is 3.48. The van der Waals surface area contributed by atoms with E-state index in [0.29, 0.717) is 17.8 Å². The Morgan fingerprint density at radius 3 is 2.71 bits per heavy atom. The third-order valence-electron chi connectivity index (χ3n) is 3.54. The number of anilines is 2. The molecule has 0 radical (unpaired) electrons. The predicted octanol–water partition coefficient (Wildman–Crippen LogP) is 3.16. The second-order valence-electron chi connectivity index (χ2n) is 4.80. The molecular formula is C12H12ClFN2O. The van der Waals surface area contributed by atoms with E-state index in [4.69, 9.17) is 11.6 Å². The van der Waals surface area contributed by atoms with Crippen molar-refractivity contribution < 1.29 is 9.18 Å². The summed E-state index contributed by atoms with van der Waals surface area (Å²) in [5, 5.41) is 6.12. The first-order valence-electron chi connectivity index (χ1n) is 5.65. The van der Waals surface area contributed by atoms with Gasteiger partial charge in [-0.25, -0.2) is 4.39 Å². The minimum Gasteiger partial charge on any atom is -0.377 e. The quantitative estimate of drug-likeness (QED) is 0.747. The highest BCUT2D eigenvalue weighted by Crippen LogP contribution is 2.43. The maximum absolute atomic E-state index is 13.3. The standard InChI is InChI=1S/C12H12ClFN2O/c13-7-4-10-9(5-8(7)14)15-11(17)6-12(16-10)2-1-3-12/h4-5,16H,1-3,6H2,(H,15,17). The molecule has 17 heavy (non-hydrogen) atoms. The lowest BCUT2D eigenvalue weighted by Crippen LogP contribution is -2.46. The Kier molecular flexibility index (Phi) is 2.30. The van der Waals surface area contributed by atoms with Crippen LogP contribution in [-0.4, -0.2) is 11.4 Å². The first kappa shape index (κ1) is 10.8. The van der Waals surface area contributed by atoms with E-state index in [2.05, 4.69) is 10.6 Å². The number of halogens is 2. The average molecular weight is 255 g/mol. The number of carbonyl (C=O) groups is 1. The Bertz CT molecular complexity index is 500. The number of amides is 1. The smallest absolute Gasteiger partial charge is 0.226 e. The summed E-state index contributed by atoms with van der Waals surface area (Å²) in [5.41, 5.74) is 1.03. The van der Waals surface area contributed by atoms with Gasteiger partial charge in [-0.2, -0.15) is 0 Å². The number of nitrogens with one attached hydrogen (secondary N) is 2. The van der Waals surface area contributed by atoms with E-state index in [-0.39, 0.29) is 16.5 Å². The topological polar surface area (TPSA) is 41.1 Å². The lowest BCUT2D eigenvalue weighted by Gasteiger charge is -2.41. The van der Waals surface area contributed by atoms with Crippen molar-refractivity contribution in [3.63, 3.8) is 0 Å². The van der Waals surface area contributed by atoms with Crippen molar-refractivity contribution in [2.45, 2.75) is 31.2 Å². The Balaban J connectivity index is 2.05. The molecule has 1 spiro atoms. The molecule has 1 aromatic rings. The molecule has 0 unspecified atom stereocenters. The summed E-state index contributed by atoms with van der Waals surface area (Å²) < 4.78 is 13.3. The van der Waals surface area contributed by atoms with Gasteiger partial charge in [0.2, 0.25) is 5.91 Å². The third-order valence-corrected chi connectivity index (χ3v) is 3.83. The van der Waals surface area contributed by atoms with Crippen molar-refractivity contribution in [2.75, 3.05) is 10.6 Å². The van der Waals surface area contributed by atoms with Crippen molar-refractivity contribution in [3.8, 4) is 0 Å². The minimum atomic E-state index is -0.517. The van der Waals surface area contributed by atoms with Crippen LogP contribution in [0.1, 0.15) is 25.7 Å². The van der Waals surface area contributed by atoms with Gasteiger partial charge in [-0.15, -0.1) is 0 Å². The van der Waals surface area contributed by atoms with Gasteiger partial charge >= 0.3 is 0 Å². The Labute approximate surface area is 103 Å². The molecule has 2 N–H and O–H groups in total. The molecule has 90 valence electrons. The molecule has 0 atom stereocenters. The van der Waals surface area contributed by atoms with Crippen LogP contribution >= 0.6 is 11.6 Å². The van der Waals surface area contributed by atoms with Gasteiger partial charge in [0.1, 0.15) is 5.82 Å². The van der Waals surface area contributed by atoms with Crippen molar-refractivity contribution in [2.24, 2.45) is 0 Å². The highest BCUT2D eigenvalue weighted by atomic mass is 35.5. The minimum absolute atomic E-state index is 0.0712. The zero-order valence-electron chi connectivity index (χ0n) is 9.15. The summed E-state index contributed by atoms with van der Waals surface area (Å²) in [6, 6.07) is 2.80. The normalized spacial score (nSPS) is 20.9. The molecule has 5 heteroatoms. The molecule has 1 heterocycles. The molecule has 2 aliphatic rings. The maximum atomic E-state index is 13.3. The number of carbonyl (C=O) groups excluding carboxylic acids is 1. The summed E-state index contributed by atoms with van der Waals surface area (Å²) in [4.78, 5) is 11.7. The molecule has 1 aromatic carbocycles. The molecule has 0 aromatic heterocycles. The molecular weight excluding hydrogens is 243 g/mol. The number of benzene rings is 1. The fourth-order valence-electron chi connectivity index (χ4n) is 2.49. The van der Waals surface area contributed by atoms with Crippen LogP contribution in [-0.2, 0) is 4.79 Å². The fraction of sp³-hybridized carbons (Fsp3) is 0.417. The van der Waals surface area contributed by atoms with Gasteiger partial charge < -0.3 is 10.6 Å². The SMILES string of the molecule is O=C1CC2(CCC2)Nc2cc(Cl)c(F)cc2N1. The van der Waals surface area contributed by atoms with Crippen molar-refractivity contribution in [3.05, 3.63) is 23.0 Å². The van der Waals surface area contributed by atoms with Crippen LogP contribution in [0.25, 0.3) is 0 Å². The number of hydrogen-bond donors (Lipinski definition) is 2. The Hall–Kier alpha value is -1.29. The van der Waals surface area contributed by atoms with Crippen LogP contribution < -0.4 is 10.6 Å². The Morgan fingerprint density at radius 2 is 2.06 bits per heavy atom. The highest BCUT2D eigenvalue weighted by molar-refractivity contribution is 6.31. The largest absolute Gasteiger partial charge is 0.377 e. The van der Waals surface area contributed by atoms with Crippen LogP contribution in [0.3, 0.4) is 0 Å². The maximum Gasteiger partial charge on any atom is 0.226 e. The van der Waals surface area contributed by atoms with Gasteiger partial charge in [-0.05, 0) is 25.3 Å². The monoisotopic (exact) mass is 254 g/mol. The number of fused-ring (bicyclic) bond motifs is 1. The first-order chi connectivity index (χ1) is 8.08. The Morgan fingerprint density at radius 1 is 1.29 bits per heavy atom. The molecule has 1 saturated carbocycles. The molecule has 3 rings (SSSR count). The van der Waals surface area contributed by atoms with E-state index in [1.807, 2.05) is 0 Å². The fourth-order valence-corrected chi connectivity index (χ4v) is 2.65. The van der Waals surface area contributed by atoms with Crippen LogP contribution in [0.5, 0.6) is 0 Å². The lowest BCUT2D eigenvalue weighted by molar-refractivity contribution is -0.117. The van der Waals surface area contributed by atoms with Crippen molar-refractivity contribution in [1.29, 1.82) is 0 Å². The van der Waals surface area contributed by atoms with E-state index in [9.17, 15) is 9.18 Å². The van der Waals surface area contributed by atoms with Crippen LogP contribution in [0.2, 0.25) is 5.02 Å². The van der Waals surface area contributed by atoms with Gasteiger partial charge in [0, 0.05) is 18.0 Å².